The number of hydrogen-bond acceptors (Lipinski definition) is 4. The van der Waals surface area contributed by atoms with Crippen LogP contribution in [0, 0.1) is 6.92 Å². The second-order valence-corrected chi connectivity index (χ2v) is 5.49. The third-order valence-corrected chi connectivity index (χ3v) is 3.99. The molecule has 0 radical (unpaired) electrons. The van der Waals surface area contributed by atoms with Crippen molar-refractivity contribution in [2.45, 2.75) is 38.9 Å². The molecule has 0 bridgehead atoms. The Kier molecular flexibility index (Phi) is 2.94. The number of thiophene rings is 1. The zero-order valence-electron chi connectivity index (χ0n) is 9.89. The van der Waals surface area contributed by atoms with Crippen molar-refractivity contribution >= 4 is 11.3 Å². The second-order valence-electron chi connectivity index (χ2n) is 4.45. The summed E-state index contributed by atoms with van der Waals surface area (Å²) in [6, 6.07) is 4.79. The summed E-state index contributed by atoms with van der Waals surface area (Å²) in [4.78, 5) is 5.82. The molecule has 0 aliphatic carbocycles. The summed E-state index contributed by atoms with van der Waals surface area (Å²) in [5.74, 6) is 2.02. The second kappa shape index (κ2) is 4.58. The summed E-state index contributed by atoms with van der Waals surface area (Å²) in [7, 11) is 0. The van der Waals surface area contributed by atoms with Gasteiger partial charge in [0.05, 0.1) is 6.54 Å². The van der Waals surface area contributed by atoms with Crippen LogP contribution in [-0.2, 0) is 19.5 Å². The quantitative estimate of drug-likeness (QED) is 0.900. The monoisotopic (exact) mass is 248 g/mol. The first kappa shape index (κ1) is 10.9. The van der Waals surface area contributed by atoms with E-state index in [1.165, 1.54) is 4.88 Å². The van der Waals surface area contributed by atoms with Gasteiger partial charge in [-0.05, 0) is 24.8 Å². The predicted octanol–water partition coefficient (Wildman–Crippen LogP) is 1.75. The van der Waals surface area contributed by atoms with Gasteiger partial charge in [0.25, 0.3) is 0 Å². The van der Waals surface area contributed by atoms with Crippen molar-refractivity contribution in [3.63, 3.8) is 0 Å². The highest BCUT2D eigenvalue weighted by molar-refractivity contribution is 7.09. The topological polar surface area (TPSA) is 42.7 Å². The molecule has 0 fully saturated rings. The zero-order chi connectivity index (χ0) is 11.7. The zero-order valence-corrected chi connectivity index (χ0v) is 10.7. The Balaban J connectivity index is 1.60. The lowest BCUT2D eigenvalue weighted by Gasteiger charge is -2.23. The van der Waals surface area contributed by atoms with Crippen LogP contribution >= 0.6 is 11.3 Å². The van der Waals surface area contributed by atoms with Gasteiger partial charge < -0.3 is 5.32 Å². The fourth-order valence-electron chi connectivity index (χ4n) is 2.26. The minimum atomic E-state index is 0.519. The molecule has 17 heavy (non-hydrogen) atoms. The Labute approximate surface area is 105 Å². The number of fused-ring (bicyclic) bond motifs is 1. The summed E-state index contributed by atoms with van der Waals surface area (Å²) in [5, 5.41) is 10.1. The Morgan fingerprint density at radius 3 is 3.35 bits per heavy atom. The molecule has 0 aromatic carbocycles. The molecule has 0 unspecified atom stereocenters. The van der Waals surface area contributed by atoms with E-state index in [4.69, 9.17) is 0 Å². The molecular formula is C12H16N4S. The van der Waals surface area contributed by atoms with Crippen LogP contribution in [0.4, 0.5) is 0 Å². The molecule has 1 aliphatic rings. The van der Waals surface area contributed by atoms with Crippen molar-refractivity contribution in [3.8, 4) is 0 Å². The Bertz CT molecular complexity index is 489. The van der Waals surface area contributed by atoms with Gasteiger partial charge >= 0.3 is 0 Å². The van der Waals surface area contributed by atoms with Gasteiger partial charge in [0.15, 0.2) is 0 Å². The molecule has 0 saturated heterocycles. The van der Waals surface area contributed by atoms with E-state index in [-0.39, 0.29) is 0 Å². The molecule has 0 spiro atoms. The summed E-state index contributed by atoms with van der Waals surface area (Å²) in [6.45, 7) is 3.87. The third-order valence-electron chi connectivity index (χ3n) is 3.11. The van der Waals surface area contributed by atoms with Gasteiger partial charge in [0.2, 0.25) is 0 Å². The highest BCUT2D eigenvalue weighted by Crippen LogP contribution is 2.14. The largest absolute Gasteiger partial charge is 0.307 e. The van der Waals surface area contributed by atoms with Gasteiger partial charge in [-0.1, -0.05) is 6.07 Å². The minimum Gasteiger partial charge on any atom is -0.307 e. The van der Waals surface area contributed by atoms with E-state index in [1.807, 2.05) is 11.6 Å². The molecule has 1 N–H and O–H groups in total. The molecule has 5 heteroatoms. The number of aromatic nitrogens is 3. The van der Waals surface area contributed by atoms with Crippen molar-refractivity contribution in [1.29, 1.82) is 0 Å². The summed E-state index contributed by atoms with van der Waals surface area (Å²) in [6.07, 6.45) is 2.19. The number of hydrogen-bond donors (Lipinski definition) is 1. The minimum absolute atomic E-state index is 0.519. The average molecular weight is 248 g/mol. The number of rotatable bonds is 3. The molecule has 90 valence electrons. The van der Waals surface area contributed by atoms with Crippen molar-refractivity contribution in [2.75, 3.05) is 0 Å². The van der Waals surface area contributed by atoms with E-state index in [2.05, 4.69) is 32.9 Å². The smallest absolute Gasteiger partial charge is 0.147 e. The Morgan fingerprint density at radius 1 is 1.59 bits per heavy atom. The number of aryl methyl sites for hydroxylation is 2. The van der Waals surface area contributed by atoms with Crippen molar-refractivity contribution in [1.82, 2.24) is 20.1 Å². The molecule has 2 aromatic rings. The molecule has 4 nitrogen and oxygen atoms in total. The van der Waals surface area contributed by atoms with Gasteiger partial charge in [-0.15, -0.1) is 11.3 Å². The van der Waals surface area contributed by atoms with E-state index in [0.717, 1.165) is 37.6 Å². The van der Waals surface area contributed by atoms with Crippen molar-refractivity contribution in [3.05, 3.63) is 34.0 Å². The van der Waals surface area contributed by atoms with Crippen LogP contribution in [0.1, 0.15) is 22.9 Å². The Morgan fingerprint density at radius 2 is 2.53 bits per heavy atom. The first-order valence-corrected chi connectivity index (χ1v) is 6.85. The molecule has 0 saturated carbocycles. The van der Waals surface area contributed by atoms with Crippen LogP contribution in [0.25, 0.3) is 0 Å². The van der Waals surface area contributed by atoms with Crippen molar-refractivity contribution < 1.29 is 0 Å². The summed E-state index contributed by atoms with van der Waals surface area (Å²) in [5.41, 5.74) is 0. The molecule has 3 rings (SSSR count). The van der Waals surface area contributed by atoms with Crippen LogP contribution in [0.3, 0.4) is 0 Å². The molecular weight excluding hydrogens is 232 g/mol. The van der Waals surface area contributed by atoms with Gasteiger partial charge in [0.1, 0.15) is 11.6 Å². The van der Waals surface area contributed by atoms with E-state index >= 15 is 0 Å². The van der Waals surface area contributed by atoms with E-state index in [9.17, 15) is 0 Å². The first-order valence-electron chi connectivity index (χ1n) is 5.97. The maximum absolute atomic E-state index is 4.42. The summed E-state index contributed by atoms with van der Waals surface area (Å²) < 4.78 is 2.05. The van der Waals surface area contributed by atoms with E-state index in [1.54, 1.807) is 11.3 Å². The highest BCUT2D eigenvalue weighted by atomic mass is 32.1. The molecule has 2 aromatic heterocycles. The summed E-state index contributed by atoms with van der Waals surface area (Å²) >= 11 is 1.80. The van der Waals surface area contributed by atoms with Crippen molar-refractivity contribution in [2.24, 2.45) is 0 Å². The Hall–Kier alpha value is -1.20. The molecule has 0 amide bonds. The van der Waals surface area contributed by atoms with E-state index < -0.39 is 0 Å². The fourth-order valence-corrected chi connectivity index (χ4v) is 2.91. The maximum atomic E-state index is 4.42. The number of nitrogens with one attached hydrogen (secondary N) is 1. The lowest BCUT2D eigenvalue weighted by molar-refractivity contribution is 0.358. The highest BCUT2D eigenvalue weighted by Gasteiger charge is 2.20. The van der Waals surface area contributed by atoms with Crippen LogP contribution < -0.4 is 5.32 Å². The van der Waals surface area contributed by atoms with E-state index in [0.29, 0.717) is 6.04 Å². The normalized spacial score (nSPS) is 19.2. The van der Waals surface area contributed by atoms with Crippen LogP contribution in [0.15, 0.2) is 17.5 Å². The SMILES string of the molecule is Cc1nc2n(n1)C[C@@H](NCc1cccs1)CC2. The third kappa shape index (κ3) is 2.40. The van der Waals surface area contributed by atoms with Gasteiger partial charge in [-0.3, -0.25) is 0 Å². The molecule has 3 heterocycles. The van der Waals surface area contributed by atoms with Gasteiger partial charge in [-0.2, -0.15) is 5.10 Å². The fraction of sp³-hybridized carbons (Fsp3) is 0.500. The van der Waals surface area contributed by atoms with Crippen LogP contribution in [0.5, 0.6) is 0 Å². The molecule has 1 aliphatic heterocycles. The average Bonchev–Trinajstić information content (AvgIpc) is 2.92. The van der Waals surface area contributed by atoms with Crippen LogP contribution in [-0.4, -0.2) is 20.8 Å². The van der Waals surface area contributed by atoms with Crippen LogP contribution in [0.2, 0.25) is 0 Å². The maximum Gasteiger partial charge on any atom is 0.147 e. The first-order chi connectivity index (χ1) is 8.31. The lowest BCUT2D eigenvalue weighted by Crippen LogP contribution is -2.37. The van der Waals surface area contributed by atoms with Gasteiger partial charge in [-0.25, -0.2) is 9.67 Å². The van der Waals surface area contributed by atoms with Gasteiger partial charge in [0, 0.05) is 23.9 Å². The lowest BCUT2D eigenvalue weighted by atomic mass is 10.1. The number of nitrogens with zero attached hydrogens (tertiary/aromatic N) is 3. The molecule has 1 atom stereocenters. The predicted molar refractivity (Wildman–Crippen MR) is 68.0 cm³/mol. The standard InChI is InChI=1S/C12H16N4S/c1-9-14-12-5-4-10(8-16(12)15-9)13-7-11-3-2-6-17-11/h2-3,6,10,13H,4-5,7-8H2,1H3/t10-/m0/s1.